The van der Waals surface area contributed by atoms with Gasteiger partial charge in [0.2, 0.25) is 5.91 Å². The van der Waals surface area contributed by atoms with Crippen LogP contribution in [0.25, 0.3) is 27.7 Å². The monoisotopic (exact) mass is 633 g/mol. The van der Waals surface area contributed by atoms with Crippen molar-refractivity contribution in [1.29, 1.82) is 0 Å². The van der Waals surface area contributed by atoms with E-state index in [9.17, 15) is 14.7 Å². The lowest BCUT2D eigenvalue weighted by atomic mass is 9.97. The number of hydrogen-bond acceptors (Lipinski definition) is 8. The Hall–Kier alpha value is -4.94. The summed E-state index contributed by atoms with van der Waals surface area (Å²) in [5, 5.41) is 10.7. The van der Waals surface area contributed by atoms with Gasteiger partial charge in [0.25, 0.3) is 0 Å². The predicted octanol–water partition coefficient (Wildman–Crippen LogP) is 4.87. The number of hydrogen-bond donors (Lipinski definition) is 1. The first kappa shape index (κ1) is 31.1. The summed E-state index contributed by atoms with van der Waals surface area (Å²) in [5.41, 5.74) is -1.76. The molecule has 1 saturated heterocycles. The highest BCUT2D eigenvalue weighted by molar-refractivity contribution is 6.06. The SMILES string of the molecule is C=CC(=O)N1CCN2c3nc(=O)n(-c4c(C(C)C)ncnc4C(C)C)c4c(F)c(-c5c(O)cccc5F)c(F)c(c34)N(C)CC2C1. The van der Waals surface area contributed by atoms with Gasteiger partial charge >= 0.3 is 5.69 Å². The van der Waals surface area contributed by atoms with E-state index in [-0.39, 0.29) is 72.0 Å². The topological polar surface area (TPSA) is 108 Å². The lowest BCUT2D eigenvalue weighted by molar-refractivity contribution is -0.126. The number of anilines is 2. The lowest BCUT2D eigenvalue weighted by Gasteiger charge is -2.41. The molecule has 2 aliphatic rings. The van der Waals surface area contributed by atoms with Gasteiger partial charge in [0.1, 0.15) is 29.2 Å². The molecule has 0 bridgehead atoms. The van der Waals surface area contributed by atoms with E-state index in [2.05, 4.69) is 21.5 Å². The molecule has 1 unspecified atom stereocenters. The molecule has 2 aromatic carbocycles. The van der Waals surface area contributed by atoms with Crippen LogP contribution in [-0.2, 0) is 4.79 Å². The molecule has 1 atom stereocenters. The first-order valence-corrected chi connectivity index (χ1v) is 15.1. The van der Waals surface area contributed by atoms with Crippen LogP contribution in [0.1, 0.15) is 50.9 Å². The van der Waals surface area contributed by atoms with Gasteiger partial charge < -0.3 is 19.8 Å². The summed E-state index contributed by atoms with van der Waals surface area (Å²) in [7, 11) is 1.60. The van der Waals surface area contributed by atoms with E-state index in [0.717, 1.165) is 16.7 Å². The Bertz CT molecular complexity index is 1930. The van der Waals surface area contributed by atoms with Crippen LogP contribution in [0.4, 0.5) is 24.7 Å². The maximum atomic E-state index is 17.3. The molecule has 1 N–H and O–H groups in total. The number of amides is 1. The number of phenols is 1. The zero-order chi connectivity index (χ0) is 33.2. The summed E-state index contributed by atoms with van der Waals surface area (Å²) in [6.45, 7) is 11.9. The number of rotatable bonds is 5. The number of carbonyl (C=O) groups excluding carboxylic acids is 1. The third-order valence-electron chi connectivity index (χ3n) is 8.71. The molecule has 46 heavy (non-hydrogen) atoms. The van der Waals surface area contributed by atoms with Gasteiger partial charge in [0, 0.05) is 33.2 Å². The number of nitrogens with zero attached hydrogens (tertiary/aromatic N) is 7. The molecule has 0 radical (unpaired) electrons. The highest BCUT2D eigenvalue weighted by atomic mass is 19.1. The number of piperazine rings is 1. The van der Waals surface area contributed by atoms with Crippen molar-refractivity contribution in [2.24, 2.45) is 0 Å². The van der Waals surface area contributed by atoms with Crippen LogP contribution in [0.15, 0.2) is 42.0 Å². The Labute approximate surface area is 263 Å². The van der Waals surface area contributed by atoms with Crippen molar-refractivity contribution in [1.82, 2.24) is 24.4 Å². The molecule has 10 nitrogen and oxygen atoms in total. The van der Waals surface area contributed by atoms with E-state index < -0.39 is 46.1 Å². The molecule has 0 spiro atoms. The highest BCUT2D eigenvalue weighted by Crippen LogP contribution is 2.47. The van der Waals surface area contributed by atoms with Gasteiger partial charge in [-0.1, -0.05) is 40.3 Å². The minimum atomic E-state index is -1.25. The lowest BCUT2D eigenvalue weighted by Crippen LogP contribution is -2.57. The Balaban J connectivity index is 1.81. The van der Waals surface area contributed by atoms with Gasteiger partial charge in [-0.25, -0.2) is 27.9 Å². The van der Waals surface area contributed by atoms with Gasteiger partial charge in [-0.3, -0.25) is 9.36 Å². The van der Waals surface area contributed by atoms with E-state index in [1.54, 1.807) is 21.7 Å². The number of aromatic hydroxyl groups is 1. The summed E-state index contributed by atoms with van der Waals surface area (Å²) in [5.74, 6) is -4.82. The summed E-state index contributed by atoms with van der Waals surface area (Å²) in [6.07, 6.45) is 2.59. The standard InChI is InChI=1S/C33H34F3N7O3/c1-7-21(45)41-11-12-42-18(14-41)13-40(6)29-24-30(26(36)23(25(29)35)22-19(34)9-8-10-20(22)44)43(33(46)39-32(24)42)31-27(16(2)3)37-15-38-28(31)17(4)5/h7-10,15-18,44H,1,11-14H2,2-6H3. The molecular weight excluding hydrogens is 599 g/mol. The van der Waals surface area contributed by atoms with Crippen molar-refractivity contribution < 1.29 is 23.1 Å². The second kappa shape index (κ2) is 11.5. The van der Waals surface area contributed by atoms with Gasteiger partial charge in [-0.15, -0.1) is 0 Å². The van der Waals surface area contributed by atoms with Crippen molar-refractivity contribution >= 4 is 28.3 Å². The Morgan fingerprint density at radius 2 is 1.67 bits per heavy atom. The third-order valence-corrected chi connectivity index (χ3v) is 8.71. The van der Waals surface area contributed by atoms with Crippen LogP contribution >= 0.6 is 0 Å². The molecule has 0 aliphatic carbocycles. The molecule has 1 amide bonds. The number of carbonyl (C=O) groups is 1. The van der Waals surface area contributed by atoms with E-state index >= 15 is 13.2 Å². The van der Waals surface area contributed by atoms with Crippen LogP contribution in [0.5, 0.6) is 5.75 Å². The summed E-state index contributed by atoms with van der Waals surface area (Å²) < 4.78 is 50.7. The Morgan fingerprint density at radius 1 is 1.00 bits per heavy atom. The van der Waals surface area contributed by atoms with Crippen LogP contribution < -0.4 is 15.5 Å². The van der Waals surface area contributed by atoms with Gasteiger partial charge in [-0.05, 0) is 30.0 Å². The predicted molar refractivity (Wildman–Crippen MR) is 169 cm³/mol. The zero-order valence-corrected chi connectivity index (χ0v) is 26.2. The van der Waals surface area contributed by atoms with Gasteiger partial charge in [0.05, 0.1) is 45.3 Å². The molecule has 0 saturated carbocycles. The van der Waals surface area contributed by atoms with Crippen molar-refractivity contribution in [3.8, 4) is 22.6 Å². The van der Waals surface area contributed by atoms with Crippen molar-refractivity contribution in [3.63, 3.8) is 0 Å². The Morgan fingerprint density at radius 3 is 2.28 bits per heavy atom. The quantitative estimate of drug-likeness (QED) is 0.311. The minimum Gasteiger partial charge on any atom is -0.507 e. The Kier molecular flexibility index (Phi) is 7.73. The number of phenolic OH excluding ortho intramolecular Hbond substituents is 1. The minimum absolute atomic E-state index is 0.00376. The van der Waals surface area contributed by atoms with Gasteiger partial charge in [0.15, 0.2) is 11.6 Å². The van der Waals surface area contributed by atoms with E-state index in [1.807, 2.05) is 27.7 Å². The second-order valence-corrected chi connectivity index (χ2v) is 12.3. The molecule has 4 aromatic rings. The highest BCUT2D eigenvalue weighted by Gasteiger charge is 2.40. The van der Waals surface area contributed by atoms with Crippen molar-refractivity contribution in [3.05, 3.63) is 76.5 Å². The average Bonchev–Trinajstić information content (AvgIpc) is 3.13. The fourth-order valence-corrected chi connectivity index (χ4v) is 6.64. The molecule has 2 aromatic heterocycles. The smallest absolute Gasteiger partial charge is 0.354 e. The molecule has 1 fully saturated rings. The molecule has 4 heterocycles. The molecular formula is C33H34F3N7O3. The fourth-order valence-electron chi connectivity index (χ4n) is 6.64. The fraction of sp³-hybridized carbons (Fsp3) is 0.364. The normalized spacial score (nSPS) is 16.3. The number of halogens is 3. The second-order valence-electron chi connectivity index (χ2n) is 12.3. The average molecular weight is 634 g/mol. The zero-order valence-electron chi connectivity index (χ0n) is 26.2. The third kappa shape index (κ3) is 4.67. The molecule has 240 valence electrons. The van der Waals surface area contributed by atoms with E-state index in [1.165, 1.54) is 18.5 Å². The van der Waals surface area contributed by atoms with Crippen molar-refractivity contribution in [2.45, 2.75) is 45.6 Å². The summed E-state index contributed by atoms with van der Waals surface area (Å²) >= 11 is 0. The molecule has 2 aliphatic heterocycles. The van der Waals surface area contributed by atoms with Crippen molar-refractivity contribution in [2.75, 3.05) is 43.0 Å². The first-order valence-electron chi connectivity index (χ1n) is 15.1. The largest absolute Gasteiger partial charge is 0.507 e. The maximum absolute atomic E-state index is 17.3. The van der Waals surface area contributed by atoms with Crippen LogP contribution in [-0.4, -0.2) is 74.7 Å². The van der Waals surface area contributed by atoms with Crippen LogP contribution in [0.3, 0.4) is 0 Å². The van der Waals surface area contributed by atoms with Crippen LogP contribution in [0.2, 0.25) is 0 Å². The first-order chi connectivity index (χ1) is 21.9. The summed E-state index contributed by atoms with van der Waals surface area (Å²) in [6, 6.07) is 2.89. The number of likely N-dealkylation sites (N-methyl/N-ethyl adjacent to an activating group) is 1. The van der Waals surface area contributed by atoms with E-state index in [4.69, 9.17) is 0 Å². The molecule has 6 rings (SSSR count). The number of benzene rings is 2. The van der Waals surface area contributed by atoms with Gasteiger partial charge in [-0.2, -0.15) is 4.98 Å². The summed E-state index contributed by atoms with van der Waals surface area (Å²) in [4.78, 5) is 45.2. The van der Waals surface area contributed by atoms with E-state index in [0.29, 0.717) is 11.4 Å². The number of fused-ring (bicyclic) bond motifs is 2. The number of aromatic nitrogens is 4. The molecule has 13 heteroatoms. The van der Waals surface area contributed by atoms with Crippen LogP contribution in [0, 0.1) is 17.5 Å². The maximum Gasteiger partial charge on any atom is 0.354 e.